The molecule has 0 unspecified atom stereocenters. The Kier molecular flexibility index (Phi) is 1.72. The van der Waals surface area contributed by atoms with Crippen LogP contribution in [0.15, 0.2) is 10.1 Å². The molecular weight excluding hydrogens is 256 g/mol. The number of ketones is 1. The van der Waals surface area contributed by atoms with E-state index < -0.39 is 5.60 Å². The molecule has 0 amide bonds. The fourth-order valence-electron chi connectivity index (χ4n) is 3.73. The zero-order valence-electron chi connectivity index (χ0n) is 9.26. The molecule has 0 aromatic rings. The Hall–Kier alpha value is -0.150. The Balaban J connectivity index is 2.27. The van der Waals surface area contributed by atoms with E-state index >= 15 is 0 Å². The molecule has 4 atom stereocenters. The predicted octanol–water partition coefficient (Wildman–Crippen LogP) is 2.67. The van der Waals surface area contributed by atoms with Gasteiger partial charge in [-0.25, -0.2) is 0 Å². The number of rotatable bonds is 0. The van der Waals surface area contributed by atoms with Crippen LogP contribution in [0.4, 0.5) is 0 Å². The molecule has 3 heteroatoms. The number of hydrogen-bond acceptors (Lipinski definition) is 2. The van der Waals surface area contributed by atoms with Crippen LogP contribution in [-0.2, 0) is 9.53 Å². The molecule has 4 rings (SSSR count). The lowest BCUT2D eigenvalue weighted by atomic mass is 9.54. The zero-order chi connectivity index (χ0) is 11.0. The summed E-state index contributed by atoms with van der Waals surface area (Å²) in [5.41, 5.74) is 0.826. The first kappa shape index (κ1) is 10.0. The fraction of sp³-hybridized carbons (Fsp3) is 0.750. The van der Waals surface area contributed by atoms with Gasteiger partial charge in [0.15, 0.2) is 5.78 Å². The van der Waals surface area contributed by atoms with E-state index in [0.29, 0.717) is 5.78 Å². The first-order chi connectivity index (χ1) is 6.90. The van der Waals surface area contributed by atoms with Gasteiger partial charge >= 0.3 is 0 Å². The first-order valence-corrected chi connectivity index (χ1v) is 6.24. The number of Topliss-reactive ketones (excluding diaryl/α,β-unsaturated/α-hetero) is 1. The SMILES string of the molecule is CC1=C(Br)[C@H]2[C@]3(C)CO[C@@]2(C)C(=O)[C@H]1C3. The molecule has 0 spiro atoms. The molecule has 0 aromatic heterocycles. The van der Waals surface area contributed by atoms with E-state index in [9.17, 15) is 4.79 Å². The van der Waals surface area contributed by atoms with Gasteiger partial charge in [-0.2, -0.15) is 0 Å². The summed E-state index contributed by atoms with van der Waals surface area (Å²) in [6.07, 6.45) is 0.965. The minimum Gasteiger partial charge on any atom is -0.366 e. The van der Waals surface area contributed by atoms with Gasteiger partial charge in [-0.05, 0) is 20.3 Å². The fourth-order valence-corrected chi connectivity index (χ4v) is 5.00. The lowest BCUT2D eigenvalue weighted by Gasteiger charge is -2.49. The van der Waals surface area contributed by atoms with Gasteiger partial charge in [-0.15, -0.1) is 0 Å². The van der Waals surface area contributed by atoms with Crippen LogP contribution in [0.2, 0.25) is 0 Å². The summed E-state index contributed by atoms with van der Waals surface area (Å²) < 4.78 is 7.04. The third-order valence-electron chi connectivity index (χ3n) is 4.58. The van der Waals surface area contributed by atoms with Crippen LogP contribution in [-0.4, -0.2) is 18.0 Å². The number of ether oxygens (including phenoxy) is 1. The van der Waals surface area contributed by atoms with Crippen LogP contribution in [0.3, 0.4) is 0 Å². The molecule has 1 heterocycles. The minimum absolute atomic E-state index is 0.0851. The van der Waals surface area contributed by atoms with Gasteiger partial charge in [0, 0.05) is 21.7 Å². The van der Waals surface area contributed by atoms with Gasteiger partial charge in [0.25, 0.3) is 0 Å². The Morgan fingerprint density at radius 2 is 2.13 bits per heavy atom. The first-order valence-electron chi connectivity index (χ1n) is 5.44. The van der Waals surface area contributed by atoms with E-state index in [1.807, 2.05) is 6.92 Å². The van der Waals surface area contributed by atoms with Crippen molar-refractivity contribution in [2.75, 3.05) is 6.61 Å². The van der Waals surface area contributed by atoms with E-state index in [4.69, 9.17) is 4.74 Å². The summed E-state index contributed by atoms with van der Waals surface area (Å²) in [5.74, 6) is 0.618. The van der Waals surface area contributed by atoms with E-state index in [1.165, 1.54) is 10.1 Å². The highest BCUT2D eigenvalue weighted by Crippen LogP contribution is 2.63. The summed E-state index contributed by atoms with van der Waals surface area (Å²) in [5, 5.41) is 0. The highest BCUT2D eigenvalue weighted by molar-refractivity contribution is 9.11. The number of carbonyl (C=O) groups is 1. The lowest BCUT2D eigenvalue weighted by Crippen LogP contribution is -2.56. The minimum atomic E-state index is -0.560. The average molecular weight is 271 g/mol. The third-order valence-corrected chi connectivity index (χ3v) is 5.66. The van der Waals surface area contributed by atoms with Crippen LogP contribution in [0.1, 0.15) is 27.2 Å². The molecule has 0 aromatic carbocycles. The summed E-state index contributed by atoms with van der Waals surface area (Å²) in [7, 11) is 0. The van der Waals surface area contributed by atoms with Crippen LogP contribution >= 0.6 is 15.9 Å². The third kappa shape index (κ3) is 0.925. The van der Waals surface area contributed by atoms with Crippen LogP contribution in [0, 0.1) is 17.3 Å². The second-order valence-corrected chi connectivity index (χ2v) is 6.49. The molecule has 15 heavy (non-hydrogen) atoms. The van der Waals surface area contributed by atoms with Crippen LogP contribution < -0.4 is 0 Å². The summed E-state index contributed by atoms with van der Waals surface area (Å²) in [6.45, 7) is 7.00. The highest BCUT2D eigenvalue weighted by Gasteiger charge is 2.67. The van der Waals surface area contributed by atoms with E-state index in [2.05, 4.69) is 29.8 Å². The number of hydrogen-bond donors (Lipinski definition) is 0. The van der Waals surface area contributed by atoms with Gasteiger partial charge in [0.2, 0.25) is 0 Å². The van der Waals surface area contributed by atoms with Crippen molar-refractivity contribution in [3.8, 4) is 0 Å². The Morgan fingerprint density at radius 3 is 2.80 bits per heavy atom. The number of halogens is 1. The second-order valence-electron chi connectivity index (χ2n) is 5.63. The molecule has 0 radical (unpaired) electrons. The Bertz CT molecular complexity index is 400. The van der Waals surface area contributed by atoms with Crippen molar-refractivity contribution in [2.24, 2.45) is 17.3 Å². The Labute approximate surface area is 98.2 Å². The summed E-state index contributed by atoms with van der Waals surface area (Å²) in [4.78, 5) is 12.3. The van der Waals surface area contributed by atoms with Gasteiger partial charge in [0.05, 0.1) is 6.61 Å². The van der Waals surface area contributed by atoms with Crippen LogP contribution in [0.25, 0.3) is 0 Å². The maximum Gasteiger partial charge on any atom is 0.172 e. The standard InChI is InChI=1S/C12H15BrO2/c1-6-7-4-11(2)5-15-12(3,10(7)14)9(11)8(6)13/h7,9H,4-5H2,1-3H3/t7-,9-,11-,12+/m0/s1. The highest BCUT2D eigenvalue weighted by atomic mass is 79.9. The quantitative estimate of drug-likeness (QED) is 0.677. The molecule has 82 valence electrons. The molecule has 0 N–H and O–H groups in total. The van der Waals surface area contributed by atoms with E-state index in [-0.39, 0.29) is 17.3 Å². The van der Waals surface area contributed by atoms with Crippen molar-refractivity contribution in [3.05, 3.63) is 10.1 Å². The maximum atomic E-state index is 12.3. The maximum absolute atomic E-state index is 12.3. The normalized spacial score (nSPS) is 52.9. The topological polar surface area (TPSA) is 26.3 Å². The van der Waals surface area contributed by atoms with Gasteiger partial charge in [-0.3, -0.25) is 4.79 Å². The number of allylic oxidation sites excluding steroid dienone is 1. The summed E-state index contributed by atoms with van der Waals surface area (Å²) in [6, 6.07) is 0. The molecule has 4 bridgehead atoms. The average Bonchev–Trinajstić information content (AvgIpc) is 2.40. The molecular formula is C12H15BrO2. The largest absolute Gasteiger partial charge is 0.366 e. The molecule has 3 aliphatic carbocycles. The van der Waals surface area contributed by atoms with Crippen molar-refractivity contribution in [1.29, 1.82) is 0 Å². The van der Waals surface area contributed by atoms with Crippen molar-refractivity contribution < 1.29 is 9.53 Å². The van der Waals surface area contributed by atoms with Crippen molar-refractivity contribution >= 4 is 21.7 Å². The van der Waals surface area contributed by atoms with Crippen molar-refractivity contribution in [1.82, 2.24) is 0 Å². The summed E-state index contributed by atoms with van der Waals surface area (Å²) >= 11 is 3.68. The zero-order valence-corrected chi connectivity index (χ0v) is 10.8. The van der Waals surface area contributed by atoms with Crippen LogP contribution in [0.5, 0.6) is 0 Å². The molecule has 1 saturated heterocycles. The molecule has 2 fully saturated rings. The van der Waals surface area contributed by atoms with E-state index in [0.717, 1.165) is 13.0 Å². The van der Waals surface area contributed by atoms with Crippen molar-refractivity contribution in [2.45, 2.75) is 32.8 Å². The molecule has 1 aliphatic heterocycles. The van der Waals surface area contributed by atoms with Gasteiger partial charge in [-0.1, -0.05) is 28.4 Å². The lowest BCUT2D eigenvalue weighted by molar-refractivity contribution is -0.146. The molecule has 1 saturated carbocycles. The molecule has 4 aliphatic rings. The van der Waals surface area contributed by atoms with Gasteiger partial charge < -0.3 is 4.74 Å². The van der Waals surface area contributed by atoms with E-state index in [1.54, 1.807) is 0 Å². The Morgan fingerprint density at radius 1 is 1.47 bits per heavy atom. The monoisotopic (exact) mass is 270 g/mol. The number of carbonyl (C=O) groups excluding carboxylic acids is 1. The van der Waals surface area contributed by atoms with Crippen molar-refractivity contribution in [3.63, 3.8) is 0 Å². The molecule has 2 nitrogen and oxygen atoms in total. The predicted molar refractivity (Wildman–Crippen MR) is 60.7 cm³/mol. The van der Waals surface area contributed by atoms with Gasteiger partial charge in [0.1, 0.15) is 5.60 Å². The smallest absolute Gasteiger partial charge is 0.172 e. The second kappa shape index (κ2) is 2.57.